The third-order valence-corrected chi connectivity index (χ3v) is 4.55. The van der Waals surface area contributed by atoms with Gasteiger partial charge in [0.15, 0.2) is 0 Å². The van der Waals surface area contributed by atoms with Gasteiger partial charge < -0.3 is 0 Å². The summed E-state index contributed by atoms with van der Waals surface area (Å²) in [7, 11) is -3.48. The highest BCUT2D eigenvalue weighted by molar-refractivity contribution is 7.91. The lowest BCUT2D eigenvalue weighted by Crippen LogP contribution is -2.13. The summed E-state index contributed by atoms with van der Waals surface area (Å²) in [6.07, 6.45) is 3.65. The zero-order chi connectivity index (χ0) is 14.6. The molecule has 104 valence electrons. The Bertz CT molecular complexity index is 742. The SMILES string of the molecule is Cc1cccc(-n2ccnc2S(=O)(=O)CCCC#N)c1. The Morgan fingerprint density at radius 2 is 2.20 bits per heavy atom. The van der Waals surface area contributed by atoms with Crippen LogP contribution in [0.15, 0.2) is 41.8 Å². The minimum atomic E-state index is -3.48. The molecule has 2 aromatic rings. The molecule has 20 heavy (non-hydrogen) atoms. The number of benzene rings is 1. The number of unbranched alkanes of at least 4 members (excludes halogenated alkanes) is 1. The molecule has 0 bridgehead atoms. The Morgan fingerprint density at radius 3 is 2.90 bits per heavy atom. The first kappa shape index (κ1) is 14.3. The summed E-state index contributed by atoms with van der Waals surface area (Å²) < 4.78 is 26.1. The van der Waals surface area contributed by atoms with Crippen molar-refractivity contribution in [3.05, 3.63) is 42.2 Å². The van der Waals surface area contributed by atoms with Crippen LogP contribution >= 0.6 is 0 Å². The summed E-state index contributed by atoms with van der Waals surface area (Å²) in [4.78, 5) is 3.96. The normalized spacial score (nSPS) is 11.2. The first-order valence-corrected chi connectivity index (χ1v) is 7.90. The maximum atomic E-state index is 12.3. The predicted molar refractivity (Wildman–Crippen MR) is 75.2 cm³/mol. The van der Waals surface area contributed by atoms with Crippen LogP contribution in [0.25, 0.3) is 5.69 Å². The lowest BCUT2D eigenvalue weighted by Gasteiger charge is -2.08. The van der Waals surface area contributed by atoms with Crippen LogP contribution < -0.4 is 0 Å². The van der Waals surface area contributed by atoms with E-state index in [1.807, 2.05) is 37.3 Å². The summed E-state index contributed by atoms with van der Waals surface area (Å²) in [5.41, 5.74) is 1.81. The monoisotopic (exact) mass is 289 g/mol. The van der Waals surface area contributed by atoms with Crippen LogP contribution in [0.4, 0.5) is 0 Å². The summed E-state index contributed by atoms with van der Waals surface area (Å²) in [5, 5.41) is 8.52. The van der Waals surface area contributed by atoms with E-state index in [1.165, 1.54) is 6.20 Å². The van der Waals surface area contributed by atoms with Gasteiger partial charge in [0.2, 0.25) is 15.0 Å². The predicted octanol–water partition coefficient (Wildman–Crippen LogP) is 2.26. The molecule has 6 heteroatoms. The minimum absolute atomic E-state index is 0.0287. The number of rotatable bonds is 5. The van der Waals surface area contributed by atoms with Crippen molar-refractivity contribution in [2.75, 3.05) is 5.75 Å². The van der Waals surface area contributed by atoms with E-state index in [0.717, 1.165) is 11.3 Å². The van der Waals surface area contributed by atoms with Gasteiger partial charge in [0, 0.05) is 24.5 Å². The Hall–Kier alpha value is -2.13. The number of hydrogen-bond donors (Lipinski definition) is 0. The van der Waals surface area contributed by atoms with Crippen molar-refractivity contribution in [3.63, 3.8) is 0 Å². The average Bonchev–Trinajstić information content (AvgIpc) is 2.89. The molecule has 0 saturated carbocycles. The fourth-order valence-corrected chi connectivity index (χ4v) is 3.32. The molecule has 0 N–H and O–H groups in total. The number of aryl methyl sites for hydroxylation is 1. The van der Waals surface area contributed by atoms with E-state index in [9.17, 15) is 8.42 Å². The van der Waals surface area contributed by atoms with E-state index >= 15 is 0 Å². The summed E-state index contributed by atoms with van der Waals surface area (Å²) in [6, 6.07) is 9.50. The Labute approximate surface area is 118 Å². The van der Waals surface area contributed by atoms with Crippen molar-refractivity contribution >= 4 is 9.84 Å². The molecule has 2 rings (SSSR count). The molecule has 0 amide bonds. The van der Waals surface area contributed by atoms with Crippen molar-refractivity contribution in [3.8, 4) is 11.8 Å². The molecule has 5 nitrogen and oxygen atoms in total. The van der Waals surface area contributed by atoms with E-state index in [4.69, 9.17) is 5.26 Å². The number of aromatic nitrogens is 2. The molecular weight excluding hydrogens is 274 g/mol. The highest BCUT2D eigenvalue weighted by Crippen LogP contribution is 2.17. The highest BCUT2D eigenvalue weighted by atomic mass is 32.2. The zero-order valence-electron chi connectivity index (χ0n) is 11.2. The van der Waals surface area contributed by atoms with E-state index < -0.39 is 9.84 Å². The fourth-order valence-electron chi connectivity index (χ4n) is 1.93. The smallest absolute Gasteiger partial charge is 0.232 e. The van der Waals surface area contributed by atoms with Gasteiger partial charge in [-0.3, -0.25) is 4.57 Å². The van der Waals surface area contributed by atoms with Crippen LogP contribution in [0.3, 0.4) is 0 Å². The van der Waals surface area contributed by atoms with Crippen molar-refractivity contribution in [1.29, 1.82) is 5.26 Å². The van der Waals surface area contributed by atoms with E-state index in [1.54, 1.807) is 10.8 Å². The Kier molecular flexibility index (Phi) is 4.20. The van der Waals surface area contributed by atoms with Gasteiger partial charge in [0.25, 0.3) is 0 Å². The maximum Gasteiger partial charge on any atom is 0.232 e. The van der Waals surface area contributed by atoms with Crippen molar-refractivity contribution in [2.45, 2.75) is 24.9 Å². The second kappa shape index (κ2) is 5.88. The van der Waals surface area contributed by atoms with Gasteiger partial charge in [0.05, 0.1) is 11.8 Å². The van der Waals surface area contributed by atoms with Gasteiger partial charge in [-0.15, -0.1) is 0 Å². The van der Waals surface area contributed by atoms with E-state index in [2.05, 4.69) is 4.98 Å². The lowest BCUT2D eigenvalue weighted by atomic mass is 10.2. The number of nitriles is 1. The third-order valence-electron chi connectivity index (χ3n) is 2.87. The molecule has 0 aliphatic carbocycles. The van der Waals surface area contributed by atoms with Crippen LogP contribution in [0.2, 0.25) is 0 Å². The first-order chi connectivity index (χ1) is 9.54. The second-order valence-corrected chi connectivity index (χ2v) is 6.50. The van der Waals surface area contributed by atoms with Crippen molar-refractivity contribution in [1.82, 2.24) is 9.55 Å². The van der Waals surface area contributed by atoms with Gasteiger partial charge in [0.1, 0.15) is 0 Å². The largest absolute Gasteiger partial charge is 0.291 e. The topological polar surface area (TPSA) is 75.8 Å². The van der Waals surface area contributed by atoms with Gasteiger partial charge in [-0.25, -0.2) is 13.4 Å². The number of imidazole rings is 1. The number of hydrogen-bond acceptors (Lipinski definition) is 4. The molecule has 1 aromatic carbocycles. The molecule has 0 aliphatic heterocycles. The van der Waals surface area contributed by atoms with Gasteiger partial charge >= 0.3 is 0 Å². The molecule has 0 radical (unpaired) electrons. The highest BCUT2D eigenvalue weighted by Gasteiger charge is 2.20. The fraction of sp³-hybridized carbons (Fsp3) is 0.286. The first-order valence-electron chi connectivity index (χ1n) is 6.25. The summed E-state index contributed by atoms with van der Waals surface area (Å²) in [6.45, 7) is 1.95. The average molecular weight is 289 g/mol. The maximum absolute atomic E-state index is 12.3. The minimum Gasteiger partial charge on any atom is -0.291 e. The van der Waals surface area contributed by atoms with Crippen LogP contribution in [0.1, 0.15) is 18.4 Å². The quantitative estimate of drug-likeness (QED) is 0.791. The molecule has 0 aliphatic rings. The summed E-state index contributed by atoms with van der Waals surface area (Å²) in [5.74, 6) is -0.0661. The molecule has 0 unspecified atom stereocenters. The Balaban J connectivity index is 2.36. The van der Waals surface area contributed by atoms with Gasteiger partial charge in [-0.05, 0) is 31.0 Å². The zero-order valence-corrected chi connectivity index (χ0v) is 12.0. The molecule has 0 saturated heterocycles. The number of nitrogens with zero attached hydrogens (tertiary/aromatic N) is 3. The second-order valence-electron chi connectivity index (χ2n) is 4.50. The van der Waals surface area contributed by atoms with Gasteiger partial charge in [-0.1, -0.05) is 12.1 Å². The molecular formula is C14H15N3O2S. The van der Waals surface area contributed by atoms with Crippen LogP contribution in [-0.2, 0) is 9.84 Å². The summed E-state index contributed by atoms with van der Waals surface area (Å²) >= 11 is 0. The molecule has 1 heterocycles. The Morgan fingerprint density at radius 1 is 1.40 bits per heavy atom. The van der Waals surface area contributed by atoms with Crippen molar-refractivity contribution in [2.24, 2.45) is 0 Å². The van der Waals surface area contributed by atoms with Gasteiger partial charge in [-0.2, -0.15) is 5.26 Å². The van der Waals surface area contributed by atoms with Crippen molar-refractivity contribution < 1.29 is 8.42 Å². The lowest BCUT2D eigenvalue weighted by molar-refractivity contribution is 0.582. The van der Waals surface area contributed by atoms with Crippen LogP contribution in [0, 0.1) is 18.3 Å². The molecule has 1 aromatic heterocycles. The van der Waals surface area contributed by atoms with E-state index in [0.29, 0.717) is 6.42 Å². The van der Waals surface area contributed by atoms with Crippen LogP contribution in [0.5, 0.6) is 0 Å². The molecule has 0 spiro atoms. The number of sulfone groups is 1. The molecule has 0 atom stereocenters. The van der Waals surface area contributed by atoms with E-state index in [-0.39, 0.29) is 17.3 Å². The van der Waals surface area contributed by atoms with Crippen LogP contribution in [-0.4, -0.2) is 23.7 Å². The standard InChI is InChI=1S/C14H15N3O2S/c1-12-5-4-6-13(11-12)17-9-8-16-14(17)20(18,19)10-3-2-7-15/h4-6,8-9,11H,2-3,10H2,1H3. The molecule has 0 fully saturated rings. The third kappa shape index (κ3) is 3.06.